The summed E-state index contributed by atoms with van der Waals surface area (Å²) in [6.07, 6.45) is -8.35. The van der Waals surface area contributed by atoms with E-state index < -0.39 is 92.0 Å². The van der Waals surface area contributed by atoms with Crippen LogP contribution in [0.2, 0.25) is 0 Å². The molecule has 0 amide bonds. The first-order valence-corrected chi connectivity index (χ1v) is 14.6. The lowest BCUT2D eigenvalue weighted by atomic mass is 9.79. The fraction of sp³-hybridized carbons (Fsp3) is 0.793. The molecule has 1 aliphatic carbocycles. The smallest absolute Gasteiger partial charge is 0.337 e. The number of rotatable bonds is 11. The van der Waals surface area contributed by atoms with E-state index in [9.17, 15) is 35.1 Å². The highest BCUT2D eigenvalue weighted by atomic mass is 16.8. The molecule has 15 heteroatoms. The maximum Gasteiger partial charge on any atom is 0.337 e. The number of fused-ring (bicyclic) bond motifs is 1. The van der Waals surface area contributed by atoms with Gasteiger partial charge in [0.1, 0.15) is 36.4 Å². The number of aliphatic hydroxyl groups excluding tert-OH is 5. The van der Waals surface area contributed by atoms with E-state index in [0.29, 0.717) is 6.42 Å². The van der Waals surface area contributed by atoms with Crippen LogP contribution >= 0.6 is 0 Å². The molecule has 15 nitrogen and oxygen atoms in total. The zero-order chi connectivity index (χ0) is 32.3. The second-order valence-electron chi connectivity index (χ2n) is 11.6. The lowest BCUT2D eigenvalue weighted by Gasteiger charge is -2.43. The highest BCUT2D eigenvalue weighted by Gasteiger charge is 2.54. The molecule has 1 saturated carbocycles. The molecule has 4 aliphatic rings. The van der Waals surface area contributed by atoms with Crippen molar-refractivity contribution in [3.8, 4) is 0 Å². The molecule has 3 aliphatic heterocycles. The van der Waals surface area contributed by atoms with Gasteiger partial charge in [0.15, 0.2) is 18.9 Å². The Balaban J connectivity index is 1.55. The van der Waals surface area contributed by atoms with Crippen molar-refractivity contribution in [2.45, 2.75) is 75.4 Å². The van der Waals surface area contributed by atoms with Gasteiger partial charge < -0.3 is 63.4 Å². The molecule has 0 spiro atoms. The first-order chi connectivity index (χ1) is 21.0. The van der Waals surface area contributed by atoms with Crippen LogP contribution in [0.3, 0.4) is 0 Å². The summed E-state index contributed by atoms with van der Waals surface area (Å²) in [7, 11) is 4.12. The number of methoxy groups -OCH3 is 3. The summed E-state index contributed by atoms with van der Waals surface area (Å²) in [6, 6.07) is 0. The molecule has 0 aromatic carbocycles. The van der Waals surface area contributed by atoms with Crippen LogP contribution in [0.5, 0.6) is 0 Å². The fourth-order valence-corrected chi connectivity index (χ4v) is 6.73. The first kappa shape index (κ1) is 34.7. The molecule has 0 radical (unpaired) electrons. The Hall–Kier alpha value is -2.18. The number of aliphatic hydroxyl groups is 5. The third kappa shape index (κ3) is 6.82. The molecule has 44 heavy (non-hydrogen) atoms. The van der Waals surface area contributed by atoms with Crippen molar-refractivity contribution in [1.29, 1.82) is 0 Å². The summed E-state index contributed by atoms with van der Waals surface area (Å²) in [4.78, 5) is 26.2. The second-order valence-corrected chi connectivity index (χ2v) is 11.6. The van der Waals surface area contributed by atoms with Gasteiger partial charge in [0.05, 0.1) is 32.2 Å². The number of esters is 2. The van der Waals surface area contributed by atoms with E-state index in [4.69, 9.17) is 37.9 Å². The average molecular weight is 633 g/mol. The summed E-state index contributed by atoms with van der Waals surface area (Å²) < 4.78 is 44.3. The molecule has 0 aromatic heterocycles. The molecule has 3 heterocycles. The summed E-state index contributed by atoms with van der Waals surface area (Å²) in [6.45, 7) is 5.32. The van der Waals surface area contributed by atoms with Crippen molar-refractivity contribution in [3.05, 3.63) is 24.5 Å². The van der Waals surface area contributed by atoms with E-state index >= 15 is 0 Å². The zero-order valence-electron chi connectivity index (χ0n) is 25.2. The SMILES string of the molecule is C=C[C@@H]1[C@H](O[C@@H]2O[C@H](CO)[C@H](O)[C@H](O)[C@H]2O)OC=C(C(=O)O[C@H]2C[C@@H]3[C@@H](CO[C@H](O)[C@@H]3C(=O)OC)[C@H]2C)[C@H]1CC(OC)OC. The van der Waals surface area contributed by atoms with Crippen LogP contribution in [0.15, 0.2) is 24.5 Å². The number of ether oxygens (including phenoxy) is 8. The van der Waals surface area contributed by atoms with Gasteiger partial charge in [0.2, 0.25) is 6.29 Å². The topological polar surface area (TPSA) is 209 Å². The van der Waals surface area contributed by atoms with Crippen LogP contribution in [0.25, 0.3) is 0 Å². The first-order valence-electron chi connectivity index (χ1n) is 14.6. The van der Waals surface area contributed by atoms with Crippen molar-refractivity contribution >= 4 is 11.9 Å². The Labute approximate surface area is 255 Å². The zero-order valence-corrected chi connectivity index (χ0v) is 25.2. The van der Waals surface area contributed by atoms with Gasteiger partial charge in [0.25, 0.3) is 0 Å². The van der Waals surface area contributed by atoms with Crippen molar-refractivity contribution in [1.82, 2.24) is 0 Å². The molecular formula is C29H44O15. The fourth-order valence-electron chi connectivity index (χ4n) is 6.73. The standard InChI is InChI=1S/C29H44O15/c1-6-13-14(8-20(37-3)38-4)17(11-41-28(13)44-29-24(33)23(32)22(31)19(9-30)43-29)25(34)42-18-7-15-16(12(18)2)10-40-27(36)21(15)26(35)39-5/h6,11-16,18-24,27-33,36H,1,7-10H2,2-5H3/t12-,13+,14+,15-,16+,18+,19-,21+,22+,23+,24-,27+,28+,29+/m1/s1. The summed E-state index contributed by atoms with van der Waals surface area (Å²) in [5.41, 5.74) is 0.130. The van der Waals surface area contributed by atoms with Crippen molar-refractivity contribution in [3.63, 3.8) is 0 Å². The normalized spacial score (nSPS) is 42.2. The maximum atomic E-state index is 13.7. The molecule has 5 N–H and O–H groups in total. The van der Waals surface area contributed by atoms with Crippen molar-refractivity contribution < 1.29 is 73.0 Å². The minimum Gasteiger partial charge on any atom is -0.471 e. The quantitative estimate of drug-likeness (QED) is 0.103. The Morgan fingerprint density at radius 3 is 2.39 bits per heavy atom. The van der Waals surface area contributed by atoms with E-state index in [1.54, 1.807) is 0 Å². The van der Waals surface area contributed by atoms with Crippen LogP contribution in [0.1, 0.15) is 19.8 Å². The summed E-state index contributed by atoms with van der Waals surface area (Å²) in [5, 5.41) is 50.7. The third-order valence-corrected chi connectivity index (χ3v) is 9.38. The number of carbonyl (C=O) groups is 2. The Morgan fingerprint density at radius 1 is 1.07 bits per heavy atom. The third-order valence-electron chi connectivity index (χ3n) is 9.38. The molecule has 0 unspecified atom stereocenters. The predicted molar refractivity (Wildman–Crippen MR) is 146 cm³/mol. The maximum absolute atomic E-state index is 13.7. The molecule has 0 bridgehead atoms. The number of hydrogen-bond donors (Lipinski definition) is 5. The van der Waals surface area contributed by atoms with Crippen molar-refractivity contribution in [2.24, 2.45) is 35.5 Å². The van der Waals surface area contributed by atoms with Gasteiger partial charge in [-0.3, -0.25) is 4.79 Å². The minimum atomic E-state index is -1.68. The molecule has 4 rings (SSSR count). The van der Waals surface area contributed by atoms with Gasteiger partial charge >= 0.3 is 11.9 Å². The molecule has 2 saturated heterocycles. The van der Waals surface area contributed by atoms with E-state index in [0.717, 1.165) is 0 Å². The van der Waals surface area contributed by atoms with Crippen LogP contribution in [-0.2, 0) is 47.5 Å². The second kappa shape index (κ2) is 14.9. The summed E-state index contributed by atoms with van der Waals surface area (Å²) in [5.74, 6) is -4.32. The highest BCUT2D eigenvalue weighted by Crippen LogP contribution is 2.48. The van der Waals surface area contributed by atoms with Gasteiger partial charge in [-0.25, -0.2) is 4.79 Å². The van der Waals surface area contributed by atoms with Crippen LogP contribution in [0.4, 0.5) is 0 Å². The minimum absolute atomic E-state index is 0.130. The molecule has 14 atom stereocenters. The average Bonchev–Trinajstić information content (AvgIpc) is 3.33. The number of carbonyl (C=O) groups excluding carboxylic acids is 2. The van der Waals surface area contributed by atoms with Crippen LogP contribution in [-0.4, -0.2) is 128 Å². The Bertz CT molecular complexity index is 1030. The van der Waals surface area contributed by atoms with E-state index in [2.05, 4.69) is 6.58 Å². The molecule has 0 aromatic rings. The van der Waals surface area contributed by atoms with Gasteiger partial charge in [-0.15, -0.1) is 6.58 Å². The number of hydrogen-bond acceptors (Lipinski definition) is 15. The van der Waals surface area contributed by atoms with Crippen molar-refractivity contribution in [2.75, 3.05) is 34.5 Å². The van der Waals surface area contributed by atoms with Gasteiger partial charge in [0, 0.05) is 32.5 Å². The Kier molecular flexibility index (Phi) is 11.8. The Morgan fingerprint density at radius 2 is 1.77 bits per heavy atom. The predicted octanol–water partition coefficient (Wildman–Crippen LogP) is -1.21. The van der Waals surface area contributed by atoms with Crippen LogP contribution in [0, 0.1) is 35.5 Å². The highest BCUT2D eigenvalue weighted by molar-refractivity contribution is 5.89. The molecule has 250 valence electrons. The molecular weight excluding hydrogens is 588 g/mol. The van der Waals surface area contributed by atoms with Gasteiger partial charge in [-0.2, -0.15) is 0 Å². The van der Waals surface area contributed by atoms with E-state index in [-0.39, 0.29) is 36.4 Å². The largest absolute Gasteiger partial charge is 0.471 e. The van der Waals surface area contributed by atoms with Crippen LogP contribution < -0.4 is 0 Å². The monoisotopic (exact) mass is 632 g/mol. The molecule has 3 fully saturated rings. The van der Waals surface area contributed by atoms with Gasteiger partial charge in [-0.1, -0.05) is 13.0 Å². The van der Waals surface area contributed by atoms with E-state index in [1.165, 1.54) is 33.7 Å². The lowest BCUT2D eigenvalue weighted by molar-refractivity contribution is -0.339. The van der Waals surface area contributed by atoms with Gasteiger partial charge in [-0.05, 0) is 24.2 Å². The summed E-state index contributed by atoms with van der Waals surface area (Å²) >= 11 is 0. The lowest BCUT2D eigenvalue weighted by Crippen LogP contribution is -2.60. The van der Waals surface area contributed by atoms with E-state index in [1.807, 2.05) is 6.92 Å².